The zero-order valence-corrected chi connectivity index (χ0v) is 13.4. The molecule has 114 valence electrons. The molecule has 1 heterocycles. The maximum atomic E-state index is 12.4. The Morgan fingerprint density at radius 3 is 2.45 bits per heavy atom. The van der Waals surface area contributed by atoms with Crippen LogP contribution in [-0.4, -0.2) is 66.1 Å². The number of methoxy groups -OCH3 is 2. The lowest BCUT2D eigenvalue weighted by atomic mass is 10.3. The second-order valence-corrected chi connectivity index (χ2v) is 5.70. The largest absolute Gasteiger partial charge is 0.383 e. The fourth-order valence-corrected chi connectivity index (χ4v) is 2.58. The van der Waals surface area contributed by atoms with E-state index in [1.54, 1.807) is 25.3 Å². The van der Waals surface area contributed by atoms with Gasteiger partial charge in [0.15, 0.2) is 5.16 Å². The number of nitrogens with zero attached hydrogens (tertiary/aromatic N) is 3. The van der Waals surface area contributed by atoms with Gasteiger partial charge in [0.05, 0.1) is 18.5 Å². The standard InChI is InChI=1S/C13H23N3O3S/c1-11(20-13-14-5-6-15(13)2)12(17)16(7-9-18-3)8-10-19-4/h5-6,11H,7-10H2,1-4H3. The zero-order chi connectivity index (χ0) is 15.0. The first-order valence-electron chi connectivity index (χ1n) is 6.50. The summed E-state index contributed by atoms with van der Waals surface area (Å²) in [7, 11) is 5.18. The first kappa shape index (κ1) is 17.0. The highest BCUT2D eigenvalue weighted by Gasteiger charge is 2.22. The second kappa shape index (κ2) is 8.99. The average Bonchev–Trinajstić information content (AvgIpc) is 2.83. The van der Waals surface area contributed by atoms with Crippen molar-refractivity contribution >= 4 is 17.7 Å². The van der Waals surface area contributed by atoms with Gasteiger partial charge in [-0.1, -0.05) is 11.8 Å². The van der Waals surface area contributed by atoms with Crippen LogP contribution in [-0.2, 0) is 21.3 Å². The van der Waals surface area contributed by atoms with Gasteiger partial charge in [0, 0.05) is 46.8 Å². The third kappa shape index (κ3) is 5.15. The quantitative estimate of drug-likeness (QED) is 0.638. The molecule has 0 aromatic carbocycles. The maximum absolute atomic E-state index is 12.4. The lowest BCUT2D eigenvalue weighted by molar-refractivity contribution is -0.131. The molecule has 0 fully saturated rings. The van der Waals surface area contributed by atoms with Crippen LogP contribution in [0.5, 0.6) is 0 Å². The molecular weight excluding hydrogens is 278 g/mol. The fourth-order valence-electron chi connectivity index (χ4n) is 1.67. The van der Waals surface area contributed by atoms with Crippen LogP contribution in [0.15, 0.2) is 17.6 Å². The second-order valence-electron chi connectivity index (χ2n) is 4.39. The van der Waals surface area contributed by atoms with Gasteiger partial charge < -0.3 is 18.9 Å². The van der Waals surface area contributed by atoms with Gasteiger partial charge in [-0.05, 0) is 6.92 Å². The molecule has 0 spiro atoms. The van der Waals surface area contributed by atoms with Crippen molar-refractivity contribution in [1.82, 2.24) is 14.5 Å². The van der Waals surface area contributed by atoms with E-state index in [0.717, 1.165) is 5.16 Å². The van der Waals surface area contributed by atoms with Gasteiger partial charge in [0.25, 0.3) is 0 Å². The van der Waals surface area contributed by atoms with Crippen LogP contribution in [0.25, 0.3) is 0 Å². The SMILES string of the molecule is COCCN(CCOC)C(=O)C(C)Sc1nccn1C. The molecular formula is C13H23N3O3S. The van der Waals surface area contributed by atoms with Crippen molar-refractivity contribution in [2.24, 2.45) is 7.05 Å². The summed E-state index contributed by atoms with van der Waals surface area (Å²) in [5.41, 5.74) is 0. The van der Waals surface area contributed by atoms with E-state index in [9.17, 15) is 4.79 Å². The Kier molecular flexibility index (Phi) is 7.64. The minimum Gasteiger partial charge on any atom is -0.383 e. The van der Waals surface area contributed by atoms with Crippen LogP contribution in [0.4, 0.5) is 0 Å². The van der Waals surface area contributed by atoms with E-state index in [0.29, 0.717) is 26.3 Å². The number of carbonyl (C=O) groups is 1. The molecule has 20 heavy (non-hydrogen) atoms. The molecule has 1 aromatic rings. The smallest absolute Gasteiger partial charge is 0.236 e. The van der Waals surface area contributed by atoms with E-state index in [4.69, 9.17) is 9.47 Å². The van der Waals surface area contributed by atoms with Gasteiger partial charge in [-0.2, -0.15) is 0 Å². The van der Waals surface area contributed by atoms with Gasteiger partial charge in [0.1, 0.15) is 0 Å². The summed E-state index contributed by atoms with van der Waals surface area (Å²) in [4.78, 5) is 18.4. The predicted molar refractivity (Wildman–Crippen MR) is 78.9 cm³/mol. The van der Waals surface area contributed by atoms with Crippen LogP contribution >= 0.6 is 11.8 Å². The molecule has 1 atom stereocenters. The summed E-state index contributed by atoms with van der Waals surface area (Å²) < 4.78 is 12.0. The molecule has 0 radical (unpaired) electrons. The van der Waals surface area contributed by atoms with Crippen molar-refractivity contribution in [3.05, 3.63) is 12.4 Å². The first-order chi connectivity index (χ1) is 9.60. The molecule has 0 aliphatic heterocycles. The number of hydrogen-bond acceptors (Lipinski definition) is 5. The Balaban J connectivity index is 2.59. The number of hydrogen-bond donors (Lipinski definition) is 0. The average molecular weight is 301 g/mol. The van der Waals surface area contributed by atoms with Crippen molar-refractivity contribution in [2.75, 3.05) is 40.5 Å². The highest BCUT2D eigenvalue weighted by Crippen LogP contribution is 2.22. The minimum absolute atomic E-state index is 0.0760. The number of aryl methyl sites for hydroxylation is 1. The summed E-state index contributed by atoms with van der Waals surface area (Å²) in [5.74, 6) is 0.0760. The van der Waals surface area contributed by atoms with E-state index < -0.39 is 0 Å². The maximum Gasteiger partial charge on any atom is 0.236 e. The Labute approximate surface area is 124 Å². The molecule has 7 heteroatoms. The Morgan fingerprint density at radius 2 is 2.00 bits per heavy atom. The normalized spacial score (nSPS) is 12.4. The first-order valence-corrected chi connectivity index (χ1v) is 7.38. The molecule has 0 N–H and O–H groups in total. The van der Waals surface area contributed by atoms with E-state index in [2.05, 4.69) is 4.98 Å². The molecule has 1 rings (SSSR count). The molecule has 1 aromatic heterocycles. The van der Waals surface area contributed by atoms with E-state index in [1.165, 1.54) is 11.8 Å². The predicted octanol–water partition coefficient (Wildman–Crippen LogP) is 1.02. The van der Waals surface area contributed by atoms with E-state index >= 15 is 0 Å². The molecule has 6 nitrogen and oxygen atoms in total. The summed E-state index contributed by atoms with van der Waals surface area (Å²) in [5, 5.41) is 0.647. The Morgan fingerprint density at radius 1 is 1.40 bits per heavy atom. The number of imidazole rings is 1. The molecule has 0 saturated carbocycles. The summed E-state index contributed by atoms with van der Waals surface area (Å²) in [6, 6.07) is 0. The lowest BCUT2D eigenvalue weighted by Crippen LogP contribution is -2.40. The lowest BCUT2D eigenvalue weighted by Gasteiger charge is -2.25. The van der Waals surface area contributed by atoms with Gasteiger partial charge >= 0.3 is 0 Å². The molecule has 0 bridgehead atoms. The molecule has 0 aliphatic carbocycles. The van der Waals surface area contributed by atoms with Gasteiger partial charge in [-0.3, -0.25) is 4.79 Å². The molecule has 1 unspecified atom stereocenters. The third-order valence-electron chi connectivity index (χ3n) is 2.85. The zero-order valence-electron chi connectivity index (χ0n) is 12.5. The highest BCUT2D eigenvalue weighted by molar-refractivity contribution is 8.00. The monoisotopic (exact) mass is 301 g/mol. The molecule has 1 amide bonds. The van der Waals surface area contributed by atoms with Crippen molar-refractivity contribution in [1.29, 1.82) is 0 Å². The summed E-state index contributed by atoms with van der Waals surface area (Å²) >= 11 is 1.46. The van der Waals surface area contributed by atoms with Crippen LogP contribution in [0.2, 0.25) is 0 Å². The third-order valence-corrected chi connectivity index (χ3v) is 4.01. The summed E-state index contributed by atoms with van der Waals surface area (Å²) in [6.07, 6.45) is 3.60. The number of aromatic nitrogens is 2. The van der Waals surface area contributed by atoms with Crippen LogP contribution < -0.4 is 0 Å². The highest BCUT2D eigenvalue weighted by atomic mass is 32.2. The number of ether oxygens (including phenoxy) is 2. The number of amides is 1. The van der Waals surface area contributed by atoms with E-state index in [1.807, 2.05) is 24.7 Å². The number of thioether (sulfide) groups is 1. The van der Waals surface area contributed by atoms with Crippen molar-refractivity contribution in [2.45, 2.75) is 17.3 Å². The minimum atomic E-state index is -0.190. The van der Waals surface area contributed by atoms with Crippen molar-refractivity contribution in [3.8, 4) is 0 Å². The van der Waals surface area contributed by atoms with Gasteiger partial charge in [-0.25, -0.2) is 4.98 Å². The Hall–Kier alpha value is -1.05. The fraction of sp³-hybridized carbons (Fsp3) is 0.692. The van der Waals surface area contributed by atoms with Crippen LogP contribution in [0.3, 0.4) is 0 Å². The topological polar surface area (TPSA) is 56.6 Å². The summed E-state index contributed by atoms with van der Waals surface area (Å²) in [6.45, 7) is 4.09. The molecule has 0 saturated heterocycles. The van der Waals surface area contributed by atoms with Crippen molar-refractivity contribution < 1.29 is 14.3 Å². The molecule has 0 aliphatic rings. The van der Waals surface area contributed by atoms with Gasteiger partial charge in [0.2, 0.25) is 5.91 Å². The number of rotatable bonds is 9. The van der Waals surface area contributed by atoms with Crippen LogP contribution in [0.1, 0.15) is 6.92 Å². The Bertz CT molecular complexity index is 403. The van der Waals surface area contributed by atoms with E-state index in [-0.39, 0.29) is 11.2 Å². The van der Waals surface area contributed by atoms with Crippen molar-refractivity contribution in [3.63, 3.8) is 0 Å². The number of carbonyl (C=O) groups excluding carboxylic acids is 1. The van der Waals surface area contributed by atoms with Gasteiger partial charge in [-0.15, -0.1) is 0 Å². The van der Waals surface area contributed by atoms with Crippen LogP contribution in [0, 0.1) is 0 Å².